The number of hydrogen-bond donors (Lipinski definition) is 1. The van der Waals surface area contributed by atoms with Gasteiger partial charge in [0.2, 0.25) is 5.91 Å². The van der Waals surface area contributed by atoms with Crippen LogP contribution in [0, 0.1) is 10.1 Å². The average Bonchev–Trinajstić information content (AvgIpc) is 2.45. The van der Waals surface area contributed by atoms with Gasteiger partial charge >= 0.3 is 0 Å². The fraction of sp³-hybridized carbons (Fsp3) is 0.462. The van der Waals surface area contributed by atoms with Crippen molar-refractivity contribution < 1.29 is 14.8 Å². The summed E-state index contributed by atoms with van der Waals surface area (Å²) in [5, 5.41) is 20.1. The Morgan fingerprint density at radius 3 is 2.75 bits per heavy atom. The Morgan fingerprint density at radius 2 is 2.15 bits per heavy atom. The van der Waals surface area contributed by atoms with Crippen molar-refractivity contribution in [1.29, 1.82) is 0 Å². The number of β-amino-alcohol motifs (C(OH)–C–C–N with tert-alkyl or cyclic N) is 1. The number of carbonyl (C=O) groups is 1. The number of nitro groups is 1. The van der Waals surface area contributed by atoms with Crippen molar-refractivity contribution in [2.45, 2.75) is 23.8 Å². The fourth-order valence-corrected chi connectivity index (χ4v) is 2.88. The second-order valence-corrected chi connectivity index (χ2v) is 5.72. The van der Waals surface area contributed by atoms with E-state index in [1.807, 2.05) is 0 Å². The van der Waals surface area contributed by atoms with Crippen LogP contribution in [0.2, 0.25) is 0 Å². The molecule has 0 radical (unpaired) electrons. The van der Waals surface area contributed by atoms with Gasteiger partial charge in [-0.2, -0.15) is 0 Å². The van der Waals surface area contributed by atoms with E-state index in [9.17, 15) is 20.0 Å². The number of aliphatic hydroxyl groups is 1. The van der Waals surface area contributed by atoms with Gasteiger partial charge in [-0.05, 0) is 25.0 Å². The molecule has 2 rings (SSSR count). The maximum Gasteiger partial charge on any atom is 0.269 e. The van der Waals surface area contributed by atoms with Gasteiger partial charge in [0.15, 0.2) is 0 Å². The van der Waals surface area contributed by atoms with Crippen LogP contribution in [-0.4, -0.2) is 45.8 Å². The number of aliphatic hydroxyl groups excluding tert-OH is 1. The van der Waals surface area contributed by atoms with Crippen LogP contribution in [0.3, 0.4) is 0 Å². The van der Waals surface area contributed by atoms with Gasteiger partial charge in [0.1, 0.15) is 0 Å². The molecule has 6 nitrogen and oxygen atoms in total. The van der Waals surface area contributed by atoms with E-state index in [0.717, 1.165) is 17.7 Å². The van der Waals surface area contributed by atoms with E-state index in [-0.39, 0.29) is 17.3 Å². The number of carbonyl (C=O) groups excluding carboxylic acids is 1. The minimum atomic E-state index is -0.450. The number of nitro benzene ring substituents is 1. The van der Waals surface area contributed by atoms with E-state index in [2.05, 4.69) is 0 Å². The molecule has 0 spiro atoms. The molecule has 1 unspecified atom stereocenters. The Labute approximate surface area is 120 Å². The van der Waals surface area contributed by atoms with Gasteiger partial charge in [0, 0.05) is 30.1 Å². The lowest BCUT2D eigenvalue weighted by Gasteiger charge is -2.30. The van der Waals surface area contributed by atoms with Gasteiger partial charge < -0.3 is 10.0 Å². The molecule has 1 heterocycles. The van der Waals surface area contributed by atoms with Crippen LogP contribution in [0.5, 0.6) is 0 Å². The number of amides is 1. The minimum absolute atomic E-state index is 0.00731. The standard InChI is InChI=1S/C13H16N2O4S/c16-11-2-1-7-14(8-11)13(17)9-20-12-5-3-10(4-6-12)15(18)19/h3-6,11,16H,1-2,7-9H2. The van der Waals surface area contributed by atoms with Gasteiger partial charge in [-0.15, -0.1) is 11.8 Å². The third-order valence-corrected chi connectivity index (χ3v) is 4.16. The van der Waals surface area contributed by atoms with Crippen molar-refractivity contribution in [1.82, 2.24) is 4.90 Å². The number of non-ortho nitro benzene ring substituents is 1. The van der Waals surface area contributed by atoms with Gasteiger partial charge in [0.05, 0.1) is 16.8 Å². The molecule has 1 N–H and O–H groups in total. The molecule has 0 aromatic heterocycles. The minimum Gasteiger partial charge on any atom is -0.391 e. The van der Waals surface area contributed by atoms with Crippen molar-refractivity contribution in [2.75, 3.05) is 18.8 Å². The highest BCUT2D eigenvalue weighted by Gasteiger charge is 2.21. The molecule has 1 amide bonds. The number of rotatable bonds is 4. The molecule has 1 atom stereocenters. The first-order valence-electron chi connectivity index (χ1n) is 6.39. The molecule has 108 valence electrons. The van der Waals surface area contributed by atoms with E-state index in [4.69, 9.17) is 0 Å². The van der Waals surface area contributed by atoms with Crippen molar-refractivity contribution in [2.24, 2.45) is 0 Å². The SMILES string of the molecule is O=C(CSc1ccc([N+](=O)[O-])cc1)N1CCCC(O)C1. The van der Waals surface area contributed by atoms with E-state index in [0.29, 0.717) is 13.1 Å². The van der Waals surface area contributed by atoms with Gasteiger partial charge in [-0.3, -0.25) is 14.9 Å². The van der Waals surface area contributed by atoms with Crippen molar-refractivity contribution >= 4 is 23.4 Å². The predicted octanol–water partition coefficient (Wildman–Crippen LogP) is 1.67. The van der Waals surface area contributed by atoms with Crippen LogP contribution in [0.15, 0.2) is 29.2 Å². The zero-order valence-electron chi connectivity index (χ0n) is 10.9. The molecule has 1 aromatic rings. The van der Waals surface area contributed by atoms with Crippen LogP contribution in [0.25, 0.3) is 0 Å². The summed E-state index contributed by atoms with van der Waals surface area (Å²) >= 11 is 1.35. The summed E-state index contributed by atoms with van der Waals surface area (Å²) in [5.41, 5.74) is 0.0415. The highest BCUT2D eigenvalue weighted by molar-refractivity contribution is 8.00. The lowest BCUT2D eigenvalue weighted by atomic mass is 10.1. The Hall–Kier alpha value is -1.60. The highest BCUT2D eigenvalue weighted by atomic mass is 32.2. The topological polar surface area (TPSA) is 83.7 Å². The second-order valence-electron chi connectivity index (χ2n) is 4.68. The zero-order valence-corrected chi connectivity index (χ0v) is 11.7. The molecular weight excluding hydrogens is 280 g/mol. The molecule has 0 aliphatic carbocycles. The number of nitrogens with zero attached hydrogens (tertiary/aromatic N) is 2. The molecule has 1 saturated heterocycles. The summed E-state index contributed by atoms with van der Waals surface area (Å²) in [6, 6.07) is 6.14. The first-order chi connectivity index (χ1) is 9.56. The highest BCUT2D eigenvalue weighted by Crippen LogP contribution is 2.22. The zero-order chi connectivity index (χ0) is 14.5. The number of piperidine rings is 1. The molecule has 1 aliphatic heterocycles. The number of benzene rings is 1. The van der Waals surface area contributed by atoms with E-state index in [1.54, 1.807) is 17.0 Å². The summed E-state index contributed by atoms with van der Waals surface area (Å²) in [6.07, 6.45) is 1.16. The lowest BCUT2D eigenvalue weighted by Crippen LogP contribution is -2.42. The van der Waals surface area contributed by atoms with Crippen molar-refractivity contribution in [3.63, 3.8) is 0 Å². The summed E-state index contributed by atoms with van der Waals surface area (Å²) in [5.74, 6) is 0.275. The predicted molar refractivity (Wildman–Crippen MR) is 75.6 cm³/mol. The van der Waals surface area contributed by atoms with Crippen LogP contribution in [0.1, 0.15) is 12.8 Å². The normalized spacial score (nSPS) is 18.9. The van der Waals surface area contributed by atoms with Crippen LogP contribution < -0.4 is 0 Å². The maximum atomic E-state index is 12.0. The molecule has 0 bridgehead atoms. The first-order valence-corrected chi connectivity index (χ1v) is 7.38. The molecule has 1 aliphatic rings. The van der Waals surface area contributed by atoms with Gasteiger partial charge in [-0.1, -0.05) is 0 Å². The third kappa shape index (κ3) is 3.94. The molecule has 20 heavy (non-hydrogen) atoms. The lowest BCUT2D eigenvalue weighted by molar-refractivity contribution is -0.384. The van der Waals surface area contributed by atoms with E-state index < -0.39 is 11.0 Å². The summed E-state index contributed by atoms with van der Waals surface area (Å²) < 4.78 is 0. The van der Waals surface area contributed by atoms with E-state index in [1.165, 1.54) is 23.9 Å². The molecule has 0 saturated carbocycles. The first kappa shape index (κ1) is 14.8. The van der Waals surface area contributed by atoms with Gasteiger partial charge in [-0.25, -0.2) is 0 Å². The van der Waals surface area contributed by atoms with Crippen LogP contribution in [-0.2, 0) is 4.79 Å². The molecule has 1 aromatic carbocycles. The molecule has 7 heteroatoms. The average molecular weight is 296 g/mol. The summed E-state index contributed by atoms with van der Waals surface area (Å²) in [7, 11) is 0. The Morgan fingerprint density at radius 1 is 1.45 bits per heavy atom. The van der Waals surface area contributed by atoms with Gasteiger partial charge in [0.25, 0.3) is 5.69 Å². The monoisotopic (exact) mass is 296 g/mol. The fourth-order valence-electron chi connectivity index (χ4n) is 2.08. The maximum absolute atomic E-state index is 12.0. The third-order valence-electron chi connectivity index (χ3n) is 3.16. The Kier molecular flexibility index (Phi) is 4.97. The number of thioether (sulfide) groups is 1. The number of likely N-dealkylation sites (tertiary alicyclic amines) is 1. The summed E-state index contributed by atoms with van der Waals surface area (Å²) in [6.45, 7) is 1.09. The molecule has 1 fully saturated rings. The van der Waals surface area contributed by atoms with E-state index >= 15 is 0 Å². The molecular formula is C13H16N2O4S. The second kappa shape index (κ2) is 6.71. The largest absolute Gasteiger partial charge is 0.391 e. The van der Waals surface area contributed by atoms with Crippen molar-refractivity contribution in [3.05, 3.63) is 34.4 Å². The van der Waals surface area contributed by atoms with Crippen LogP contribution in [0.4, 0.5) is 5.69 Å². The Balaban J connectivity index is 1.85. The van der Waals surface area contributed by atoms with Crippen molar-refractivity contribution in [3.8, 4) is 0 Å². The smallest absolute Gasteiger partial charge is 0.269 e. The van der Waals surface area contributed by atoms with Crippen LogP contribution >= 0.6 is 11.8 Å². The summed E-state index contributed by atoms with van der Waals surface area (Å²) in [4.78, 5) is 24.6. The Bertz CT molecular complexity index is 492. The number of hydrogen-bond acceptors (Lipinski definition) is 5. The quantitative estimate of drug-likeness (QED) is 0.519.